The van der Waals surface area contributed by atoms with Crippen LogP contribution in [0.25, 0.3) is 10.4 Å². The molecule has 1 amide bonds. The monoisotopic (exact) mass is 343 g/mol. The molecular weight excluding hydrogens is 330 g/mol. The third-order valence-electron chi connectivity index (χ3n) is 3.17. The van der Waals surface area contributed by atoms with Crippen LogP contribution in [0.4, 0.5) is 5.82 Å². The summed E-state index contributed by atoms with van der Waals surface area (Å²) in [6.45, 7) is 1.96. The van der Waals surface area contributed by atoms with Crippen LogP contribution in [0.2, 0.25) is 5.02 Å². The second kappa shape index (κ2) is 6.89. The smallest absolute Gasteiger partial charge is 0.230 e. The van der Waals surface area contributed by atoms with Crippen LogP contribution in [-0.4, -0.2) is 15.9 Å². The van der Waals surface area contributed by atoms with Gasteiger partial charge in [0.2, 0.25) is 5.91 Å². The van der Waals surface area contributed by atoms with E-state index in [9.17, 15) is 4.79 Å². The van der Waals surface area contributed by atoms with Crippen LogP contribution in [-0.2, 0) is 11.2 Å². The number of hydrogen-bond donors (Lipinski definition) is 1. The van der Waals surface area contributed by atoms with E-state index in [4.69, 9.17) is 11.6 Å². The molecular formula is C17H14ClN3OS. The summed E-state index contributed by atoms with van der Waals surface area (Å²) in [5, 5.41) is 3.30. The quantitative estimate of drug-likeness (QED) is 0.766. The summed E-state index contributed by atoms with van der Waals surface area (Å²) in [7, 11) is 0. The summed E-state index contributed by atoms with van der Waals surface area (Å²) in [4.78, 5) is 22.5. The maximum absolute atomic E-state index is 12.1. The molecule has 0 radical (unpaired) electrons. The van der Waals surface area contributed by atoms with E-state index in [2.05, 4.69) is 15.3 Å². The zero-order valence-electron chi connectivity index (χ0n) is 12.4. The summed E-state index contributed by atoms with van der Waals surface area (Å²) in [5.41, 5.74) is 2.09. The van der Waals surface area contributed by atoms with Gasteiger partial charge in [-0.3, -0.25) is 9.78 Å². The van der Waals surface area contributed by atoms with E-state index >= 15 is 0 Å². The number of pyridine rings is 2. The number of nitrogens with zero attached hydrogens (tertiary/aromatic N) is 2. The minimum absolute atomic E-state index is 0.0980. The fourth-order valence-electron chi connectivity index (χ4n) is 2.12. The predicted molar refractivity (Wildman–Crippen MR) is 93.9 cm³/mol. The van der Waals surface area contributed by atoms with Crippen LogP contribution in [0.5, 0.6) is 0 Å². The van der Waals surface area contributed by atoms with Crippen molar-refractivity contribution in [1.29, 1.82) is 0 Å². The summed E-state index contributed by atoms with van der Waals surface area (Å²) < 4.78 is 0. The Morgan fingerprint density at radius 2 is 2.09 bits per heavy atom. The van der Waals surface area contributed by atoms with Gasteiger partial charge in [-0.15, -0.1) is 11.3 Å². The molecule has 3 aromatic heterocycles. The lowest BCUT2D eigenvalue weighted by Crippen LogP contribution is -2.14. The van der Waals surface area contributed by atoms with Gasteiger partial charge in [-0.1, -0.05) is 11.6 Å². The Kier molecular flexibility index (Phi) is 4.69. The number of nitrogens with one attached hydrogen (secondary N) is 1. The molecule has 0 bridgehead atoms. The Morgan fingerprint density at radius 1 is 1.22 bits per heavy atom. The molecule has 0 fully saturated rings. The fraction of sp³-hybridized carbons (Fsp3) is 0.118. The topological polar surface area (TPSA) is 54.9 Å². The van der Waals surface area contributed by atoms with E-state index in [0.717, 1.165) is 21.0 Å². The normalized spacial score (nSPS) is 10.5. The average molecular weight is 344 g/mol. The zero-order chi connectivity index (χ0) is 16.2. The van der Waals surface area contributed by atoms with Gasteiger partial charge in [0.1, 0.15) is 5.82 Å². The van der Waals surface area contributed by atoms with Gasteiger partial charge in [0.15, 0.2) is 0 Å². The molecule has 0 aliphatic rings. The van der Waals surface area contributed by atoms with Gasteiger partial charge in [0.25, 0.3) is 0 Å². The highest BCUT2D eigenvalue weighted by Gasteiger charge is 2.09. The molecule has 0 spiro atoms. The molecule has 3 rings (SSSR count). The van der Waals surface area contributed by atoms with Crippen LogP contribution < -0.4 is 5.32 Å². The summed E-state index contributed by atoms with van der Waals surface area (Å²) >= 11 is 7.38. The third kappa shape index (κ3) is 4.15. The molecule has 4 nitrogen and oxygen atoms in total. The molecule has 0 aliphatic heterocycles. The van der Waals surface area contributed by atoms with Crippen molar-refractivity contribution in [3.05, 3.63) is 64.4 Å². The van der Waals surface area contributed by atoms with Crippen molar-refractivity contribution in [2.24, 2.45) is 0 Å². The Labute approximate surface area is 143 Å². The van der Waals surface area contributed by atoms with E-state index in [1.165, 1.54) is 6.20 Å². The van der Waals surface area contributed by atoms with E-state index in [1.54, 1.807) is 29.7 Å². The molecule has 0 unspecified atom stereocenters. The maximum Gasteiger partial charge on any atom is 0.230 e. The molecule has 0 aliphatic carbocycles. The first kappa shape index (κ1) is 15.6. The van der Waals surface area contributed by atoms with Crippen LogP contribution in [0, 0.1) is 6.92 Å². The number of rotatable bonds is 4. The standard InChI is InChI=1S/C17H14ClN3OS/c1-11-8-12(6-7-19-11)15-4-3-14(23-15)9-17(22)21-16-5-2-13(18)10-20-16/h2-8,10H,9H2,1H3,(H,20,21,22). The molecule has 116 valence electrons. The lowest BCUT2D eigenvalue weighted by molar-refractivity contribution is -0.115. The first-order valence-electron chi connectivity index (χ1n) is 7.03. The second-order valence-electron chi connectivity index (χ2n) is 5.04. The Morgan fingerprint density at radius 3 is 2.83 bits per heavy atom. The number of anilines is 1. The lowest BCUT2D eigenvalue weighted by atomic mass is 10.2. The number of thiophene rings is 1. The second-order valence-corrected chi connectivity index (χ2v) is 6.64. The van der Waals surface area contributed by atoms with Crippen molar-refractivity contribution in [2.75, 3.05) is 5.32 Å². The molecule has 0 aromatic carbocycles. The van der Waals surface area contributed by atoms with Crippen molar-refractivity contribution < 1.29 is 4.79 Å². The number of halogens is 1. The minimum atomic E-state index is -0.0980. The molecule has 0 saturated heterocycles. The number of amides is 1. The number of aromatic nitrogens is 2. The van der Waals surface area contributed by atoms with E-state index in [0.29, 0.717) is 17.3 Å². The Hall–Kier alpha value is -2.24. The maximum atomic E-state index is 12.1. The molecule has 1 N–H and O–H groups in total. The molecule has 3 heterocycles. The van der Waals surface area contributed by atoms with Crippen molar-refractivity contribution in [2.45, 2.75) is 13.3 Å². The van der Waals surface area contributed by atoms with Gasteiger partial charge in [0, 0.05) is 27.8 Å². The highest BCUT2D eigenvalue weighted by molar-refractivity contribution is 7.15. The SMILES string of the molecule is Cc1cc(-c2ccc(CC(=O)Nc3ccc(Cl)cn3)s2)ccn1. The van der Waals surface area contributed by atoms with E-state index in [1.807, 2.05) is 31.2 Å². The van der Waals surface area contributed by atoms with E-state index in [-0.39, 0.29) is 5.91 Å². The zero-order valence-corrected chi connectivity index (χ0v) is 14.0. The summed E-state index contributed by atoms with van der Waals surface area (Å²) in [6.07, 6.45) is 3.62. The van der Waals surface area contributed by atoms with Gasteiger partial charge in [-0.2, -0.15) is 0 Å². The summed E-state index contributed by atoms with van der Waals surface area (Å²) in [6, 6.07) is 11.4. The lowest BCUT2D eigenvalue weighted by Gasteiger charge is -2.03. The van der Waals surface area contributed by atoms with Gasteiger partial charge < -0.3 is 5.32 Å². The van der Waals surface area contributed by atoms with Crippen LogP contribution in [0.3, 0.4) is 0 Å². The van der Waals surface area contributed by atoms with Crippen molar-refractivity contribution in [3.63, 3.8) is 0 Å². The number of aryl methyl sites for hydroxylation is 1. The van der Waals surface area contributed by atoms with Gasteiger partial charge >= 0.3 is 0 Å². The number of carbonyl (C=O) groups is 1. The predicted octanol–water partition coefficient (Wildman–Crippen LogP) is 4.35. The third-order valence-corrected chi connectivity index (χ3v) is 4.53. The largest absolute Gasteiger partial charge is 0.310 e. The molecule has 0 atom stereocenters. The number of carbonyl (C=O) groups excluding carboxylic acids is 1. The first-order valence-corrected chi connectivity index (χ1v) is 8.23. The Balaban J connectivity index is 1.66. The van der Waals surface area contributed by atoms with Gasteiger partial charge in [0.05, 0.1) is 11.4 Å². The molecule has 3 aromatic rings. The van der Waals surface area contributed by atoms with Crippen molar-refractivity contribution in [3.8, 4) is 10.4 Å². The van der Waals surface area contributed by atoms with Crippen molar-refractivity contribution in [1.82, 2.24) is 9.97 Å². The minimum Gasteiger partial charge on any atom is -0.310 e. The van der Waals surface area contributed by atoms with Gasteiger partial charge in [-0.05, 0) is 48.9 Å². The first-order chi connectivity index (χ1) is 11.1. The summed E-state index contributed by atoms with van der Waals surface area (Å²) in [5.74, 6) is 0.403. The van der Waals surface area contributed by atoms with Crippen molar-refractivity contribution >= 4 is 34.7 Å². The highest BCUT2D eigenvalue weighted by atomic mass is 35.5. The number of hydrogen-bond acceptors (Lipinski definition) is 4. The molecule has 0 saturated carbocycles. The highest BCUT2D eigenvalue weighted by Crippen LogP contribution is 2.28. The van der Waals surface area contributed by atoms with Gasteiger partial charge in [-0.25, -0.2) is 4.98 Å². The Bertz CT molecular complexity index is 830. The molecule has 23 heavy (non-hydrogen) atoms. The fourth-order valence-corrected chi connectivity index (χ4v) is 3.24. The average Bonchev–Trinajstić information content (AvgIpc) is 2.98. The van der Waals surface area contributed by atoms with Crippen LogP contribution in [0.1, 0.15) is 10.6 Å². The van der Waals surface area contributed by atoms with Crippen LogP contribution in [0.15, 0.2) is 48.8 Å². The van der Waals surface area contributed by atoms with Crippen LogP contribution >= 0.6 is 22.9 Å². The van der Waals surface area contributed by atoms with E-state index < -0.39 is 0 Å². The molecule has 6 heteroatoms.